The molecule has 3 aromatic rings. The number of aromatic amines is 1. The monoisotopic (exact) mass is 573 g/mol. The van der Waals surface area contributed by atoms with Gasteiger partial charge in [-0.2, -0.15) is 0 Å². The van der Waals surface area contributed by atoms with Gasteiger partial charge in [0.15, 0.2) is 0 Å². The molecule has 2 aromatic carbocycles. The molecular formula is C31H32ClN5O4. The Hall–Kier alpha value is -3.69. The number of rotatable bonds is 4. The Balaban J connectivity index is 0.946. The van der Waals surface area contributed by atoms with E-state index in [1.165, 1.54) is 5.56 Å². The Kier molecular flexibility index (Phi) is 6.39. The van der Waals surface area contributed by atoms with Crippen molar-refractivity contribution in [3.63, 3.8) is 0 Å². The molecule has 7 rings (SSSR count). The fraction of sp³-hybridized carbons (Fsp3) is 0.419. The number of halogens is 1. The number of nitrogens with one attached hydrogen (secondary N) is 2. The van der Waals surface area contributed by atoms with Crippen molar-refractivity contribution in [3.8, 4) is 0 Å². The second-order valence-corrected chi connectivity index (χ2v) is 12.2. The van der Waals surface area contributed by atoms with E-state index in [1.807, 2.05) is 36.1 Å². The Morgan fingerprint density at radius 2 is 1.78 bits per heavy atom. The highest BCUT2D eigenvalue weighted by Crippen LogP contribution is 2.35. The average Bonchev–Trinajstić information content (AvgIpc) is 3.43. The molecule has 5 heterocycles. The zero-order valence-electron chi connectivity index (χ0n) is 22.9. The van der Waals surface area contributed by atoms with Crippen LogP contribution in [0.1, 0.15) is 69.1 Å². The number of nitrogens with zero attached hydrogens (tertiary/aromatic N) is 3. The quantitative estimate of drug-likeness (QED) is 0.464. The van der Waals surface area contributed by atoms with E-state index >= 15 is 0 Å². The molecular weight excluding hydrogens is 542 g/mol. The standard InChI is InChI=1S/C31H32ClN5O4/c1-17-23-5-3-21(32)13-25(23)33-28(17)31(41)36-15-22(16-36)35-10-8-18(9-11-35)19-2-4-24-20(12-19)14-37(30(24)40)26-6-7-27(38)34-29(26)39/h2-5,12-13,18,22,26,33H,6-11,14-16H2,1H3,(H,34,38,39). The lowest BCUT2D eigenvalue weighted by Gasteiger charge is -2.47. The Labute approximate surface area is 242 Å². The lowest BCUT2D eigenvalue weighted by Crippen LogP contribution is -2.62. The molecule has 212 valence electrons. The largest absolute Gasteiger partial charge is 0.350 e. The second kappa shape index (κ2) is 9.99. The first kappa shape index (κ1) is 26.2. The molecule has 10 heteroatoms. The maximum absolute atomic E-state index is 13.2. The number of imide groups is 1. The normalized spacial score (nSPS) is 22.3. The highest BCUT2D eigenvalue weighted by molar-refractivity contribution is 6.31. The molecule has 1 atom stereocenters. The van der Waals surface area contributed by atoms with Crippen molar-refractivity contribution >= 4 is 46.1 Å². The molecule has 4 aliphatic heterocycles. The van der Waals surface area contributed by atoms with Gasteiger partial charge in [0, 0.05) is 53.6 Å². The minimum Gasteiger partial charge on any atom is -0.350 e. The van der Waals surface area contributed by atoms with Gasteiger partial charge in [-0.05, 0) is 80.1 Å². The number of benzene rings is 2. The Morgan fingerprint density at radius 1 is 1.00 bits per heavy atom. The number of aromatic nitrogens is 1. The van der Waals surface area contributed by atoms with Gasteiger partial charge in [-0.15, -0.1) is 0 Å². The lowest BCUT2D eigenvalue weighted by atomic mass is 9.87. The summed E-state index contributed by atoms with van der Waals surface area (Å²) in [6.45, 7) is 5.79. The number of hydrogen-bond acceptors (Lipinski definition) is 5. The molecule has 9 nitrogen and oxygen atoms in total. The third-order valence-electron chi connectivity index (χ3n) is 9.45. The van der Waals surface area contributed by atoms with Crippen molar-refractivity contribution < 1.29 is 19.2 Å². The summed E-state index contributed by atoms with van der Waals surface area (Å²) in [5.41, 5.74) is 5.34. The summed E-state index contributed by atoms with van der Waals surface area (Å²) < 4.78 is 0. The van der Waals surface area contributed by atoms with Crippen LogP contribution >= 0.6 is 11.6 Å². The predicted octanol–water partition coefficient (Wildman–Crippen LogP) is 3.59. The molecule has 0 aliphatic carbocycles. The third kappa shape index (κ3) is 4.51. The molecule has 4 amide bonds. The van der Waals surface area contributed by atoms with Gasteiger partial charge < -0.3 is 14.8 Å². The van der Waals surface area contributed by atoms with E-state index in [-0.39, 0.29) is 30.0 Å². The average molecular weight is 574 g/mol. The van der Waals surface area contributed by atoms with Crippen molar-refractivity contribution in [1.82, 2.24) is 25.0 Å². The number of amides is 4. The van der Waals surface area contributed by atoms with Crippen molar-refractivity contribution in [3.05, 3.63) is 69.4 Å². The van der Waals surface area contributed by atoms with Crippen molar-refractivity contribution in [1.29, 1.82) is 0 Å². The number of fused-ring (bicyclic) bond motifs is 2. The van der Waals surface area contributed by atoms with Gasteiger partial charge >= 0.3 is 0 Å². The van der Waals surface area contributed by atoms with Gasteiger partial charge in [0.25, 0.3) is 11.8 Å². The van der Waals surface area contributed by atoms with Gasteiger partial charge in [0.05, 0.1) is 0 Å². The number of piperidine rings is 2. The van der Waals surface area contributed by atoms with E-state index in [0.29, 0.717) is 41.2 Å². The number of carbonyl (C=O) groups excluding carboxylic acids is 4. The third-order valence-corrected chi connectivity index (χ3v) is 9.68. The number of carbonyl (C=O) groups is 4. The van der Waals surface area contributed by atoms with E-state index in [2.05, 4.69) is 27.3 Å². The summed E-state index contributed by atoms with van der Waals surface area (Å²) in [6.07, 6.45) is 2.67. The Bertz CT molecular complexity index is 1600. The van der Waals surface area contributed by atoms with Crippen LogP contribution in [0.25, 0.3) is 10.9 Å². The highest BCUT2D eigenvalue weighted by Gasteiger charge is 2.40. The van der Waals surface area contributed by atoms with Crippen LogP contribution in [0.3, 0.4) is 0 Å². The van der Waals surface area contributed by atoms with Crippen LogP contribution in [0.4, 0.5) is 0 Å². The SMILES string of the molecule is Cc1c(C(=O)N2CC(N3CCC(c4ccc5c(c4)CN(C4CCC(=O)NC4=O)C5=O)CC3)C2)[nH]c2cc(Cl)ccc12. The second-order valence-electron chi connectivity index (χ2n) is 11.8. The number of likely N-dealkylation sites (tertiary alicyclic amines) is 2. The maximum atomic E-state index is 13.2. The van der Waals surface area contributed by atoms with Crippen molar-refractivity contribution in [2.75, 3.05) is 26.2 Å². The fourth-order valence-corrected chi connectivity index (χ4v) is 7.15. The summed E-state index contributed by atoms with van der Waals surface area (Å²) in [7, 11) is 0. The van der Waals surface area contributed by atoms with Crippen LogP contribution < -0.4 is 5.32 Å². The van der Waals surface area contributed by atoms with E-state index in [9.17, 15) is 19.2 Å². The van der Waals surface area contributed by atoms with Crippen LogP contribution in [-0.2, 0) is 16.1 Å². The summed E-state index contributed by atoms with van der Waals surface area (Å²) in [4.78, 5) is 59.4. The van der Waals surface area contributed by atoms with Gasteiger partial charge in [0.1, 0.15) is 11.7 Å². The van der Waals surface area contributed by atoms with Crippen molar-refractivity contribution in [2.24, 2.45) is 0 Å². The van der Waals surface area contributed by atoms with Gasteiger partial charge in [-0.1, -0.05) is 29.8 Å². The zero-order valence-corrected chi connectivity index (χ0v) is 23.7. The summed E-state index contributed by atoms with van der Waals surface area (Å²) in [5.74, 6) is -0.339. The maximum Gasteiger partial charge on any atom is 0.270 e. The minimum atomic E-state index is -0.591. The van der Waals surface area contributed by atoms with Gasteiger partial charge in [-0.3, -0.25) is 29.4 Å². The molecule has 1 unspecified atom stereocenters. The molecule has 4 aliphatic rings. The first-order valence-corrected chi connectivity index (χ1v) is 14.7. The number of aryl methyl sites for hydroxylation is 1. The van der Waals surface area contributed by atoms with Gasteiger partial charge in [0.2, 0.25) is 11.8 Å². The molecule has 2 N–H and O–H groups in total. The predicted molar refractivity (Wildman–Crippen MR) is 154 cm³/mol. The highest BCUT2D eigenvalue weighted by atomic mass is 35.5. The summed E-state index contributed by atoms with van der Waals surface area (Å²) in [5, 5.41) is 4.03. The van der Waals surface area contributed by atoms with E-state index in [0.717, 1.165) is 61.1 Å². The molecule has 3 fully saturated rings. The van der Waals surface area contributed by atoms with Crippen LogP contribution in [0.5, 0.6) is 0 Å². The van der Waals surface area contributed by atoms with Gasteiger partial charge in [-0.25, -0.2) is 0 Å². The van der Waals surface area contributed by atoms with E-state index < -0.39 is 6.04 Å². The van der Waals surface area contributed by atoms with Crippen molar-refractivity contribution in [2.45, 2.75) is 57.2 Å². The Morgan fingerprint density at radius 3 is 2.54 bits per heavy atom. The van der Waals surface area contributed by atoms with Crippen LogP contribution in [-0.4, -0.2) is 81.6 Å². The summed E-state index contributed by atoms with van der Waals surface area (Å²) in [6, 6.07) is 11.5. The molecule has 0 bridgehead atoms. The van der Waals surface area contributed by atoms with Crippen LogP contribution in [0, 0.1) is 6.92 Å². The topological polar surface area (TPSA) is 106 Å². The molecule has 1 aromatic heterocycles. The zero-order chi connectivity index (χ0) is 28.4. The lowest BCUT2D eigenvalue weighted by molar-refractivity contribution is -0.136. The molecule has 0 saturated carbocycles. The van der Waals surface area contributed by atoms with E-state index in [4.69, 9.17) is 11.6 Å². The minimum absolute atomic E-state index is 0.0417. The fourth-order valence-electron chi connectivity index (χ4n) is 6.98. The van der Waals surface area contributed by atoms with Crippen LogP contribution in [0.2, 0.25) is 5.02 Å². The summed E-state index contributed by atoms with van der Waals surface area (Å²) >= 11 is 6.13. The van der Waals surface area contributed by atoms with Crippen LogP contribution in [0.15, 0.2) is 36.4 Å². The molecule has 0 spiro atoms. The number of hydrogen-bond donors (Lipinski definition) is 2. The smallest absolute Gasteiger partial charge is 0.270 e. The first-order valence-electron chi connectivity index (χ1n) is 14.4. The molecule has 41 heavy (non-hydrogen) atoms. The first-order chi connectivity index (χ1) is 19.8. The molecule has 0 radical (unpaired) electrons. The molecule has 3 saturated heterocycles. The van der Waals surface area contributed by atoms with E-state index in [1.54, 1.807) is 4.90 Å². The number of H-pyrrole nitrogens is 1.